The van der Waals surface area contributed by atoms with Crippen molar-refractivity contribution in [3.63, 3.8) is 0 Å². The van der Waals surface area contributed by atoms with Crippen LogP contribution in [0.1, 0.15) is 10.5 Å². The zero-order chi connectivity index (χ0) is 8.55. The Morgan fingerprint density at radius 2 is 2.33 bits per heavy atom. The topological polar surface area (TPSA) is 84.7 Å². The van der Waals surface area contributed by atoms with E-state index >= 15 is 0 Å². The maximum absolute atomic E-state index is 10.7. The molecule has 0 saturated heterocycles. The molecule has 0 saturated carbocycles. The summed E-state index contributed by atoms with van der Waals surface area (Å²) in [5, 5.41) is 0. The molecular weight excluding hydrogens is 156 g/mol. The van der Waals surface area contributed by atoms with Crippen LogP contribution in [-0.2, 0) is 0 Å². The van der Waals surface area contributed by atoms with Gasteiger partial charge in [-0.25, -0.2) is 9.97 Å². The minimum Gasteiger partial charge on any atom is -0.364 e. The maximum Gasteiger partial charge on any atom is 0.267 e. The molecular formula is C7H6N4O. The number of fused-ring (bicyclic) bond motifs is 1. The fraction of sp³-hybridized carbons (Fsp3) is 0. The second-order valence-corrected chi connectivity index (χ2v) is 2.35. The number of aromatic nitrogens is 3. The second kappa shape index (κ2) is 2.30. The highest BCUT2D eigenvalue weighted by Gasteiger charge is 2.03. The van der Waals surface area contributed by atoms with Crippen molar-refractivity contribution in [2.24, 2.45) is 5.73 Å². The summed E-state index contributed by atoms with van der Waals surface area (Å²) in [6.45, 7) is 0. The fourth-order valence-corrected chi connectivity index (χ4v) is 0.969. The molecule has 2 rings (SSSR count). The molecule has 1 amide bonds. The Morgan fingerprint density at radius 1 is 1.50 bits per heavy atom. The first kappa shape index (κ1) is 6.78. The molecule has 2 aromatic rings. The molecule has 60 valence electrons. The van der Waals surface area contributed by atoms with Crippen LogP contribution in [0.3, 0.4) is 0 Å². The summed E-state index contributed by atoms with van der Waals surface area (Å²) >= 11 is 0. The van der Waals surface area contributed by atoms with Crippen LogP contribution >= 0.6 is 0 Å². The zero-order valence-corrected chi connectivity index (χ0v) is 6.11. The third kappa shape index (κ3) is 0.914. The lowest BCUT2D eigenvalue weighted by Crippen LogP contribution is -2.12. The van der Waals surface area contributed by atoms with Gasteiger partial charge in [0.15, 0.2) is 0 Å². The van der Waals surface area contributed by atoms with Gasteiger partial charge in [0, 0.05) is 0 Å². The van der Waals surface area contributed by atoms with E-state index < -0.39 is 5.91 Å². The van der Waals surface area contributed by atoms with Crippen LogP contribution in [0.25, 0.3) is 11.0 Å². The smallest absolute Gasteiger partial charge is 0.267 e. The number of hydrogen-bond acceptors (Lipinski definition) is 3. The largest absolute Gasteiger partial charge is 0.364 e. The number of pyridine rings is 1. The number of rotatable bonds is 1. The number of H-pyrrole nitrogens is 1. The third-order valence-corrected chi connectivity index (χ3v) is 1.56. The van der Waals surface area contributed by atoms with E-state index in [1.54, 1.807) is 6.07 Å². The predicted octanol–water partition coefficient (Wildman–Crippen LogP) is 0.0568. The van der Waals surface area contributed by atoms with Crippen molar-refractivity contribution >= 4 is 16.9 Å². The fourth-order valence-electron chi connectivity index (χ4n) is 0.969. The van der Waals surface area contributed by atoms with Gasteiger partial charge in [0.1, 0.15) is 5.69 Å². The summed E-state index contributed by atoms with van der Waals surface area (Å²) in [6.07, 6.45) is 3.07. The van der Waals surface area contributed by atoms with E-state index in [-0.39, 0.29) is 5.69 Å². The number of imidazole rings is 1. The number of primary amides is 1. The molecule has 0 aliphatic heterocycles. The van der Waals surface area contributed by atoms with Crippen molar-refractivity contribution in [3.05, 3.63) is 24.3 Å². The third-order valence-electron chi connectivity index (χ3n) is 1.56. The molecule has 12 heavy (non-hydrogen) atoms. The van der Waals surface area contributed by atoms with E-state index in [1.807, 2.05) is 0 Å². The normalized spacial score (nSPS) is 10.3. The molecule has 3 N–H and O–H groups in total. The molecule has 0 aliphatic rings. The summed E-state index contributed by atoms with van der Waals surface area (Å²) < 4.78 is 0. The minimum absolute atomic E-state index is 0.231. The van der Waals surface area contributed by atoms with Gasteiger partial charge in [-0.1, -0.05) is 0 Å². The molecule has 2 aromatic heterocycles. The molecule has 0 bridgehead atoms. The van der Waals surface area contributed by atoms with Gasteiger partial charge >= 0.3 is 0 Å². The summed E-state index contributed by atoms with van der Waals surface area (Å²) in [6, 6.07) is 1.55. The molecule has 5 heteroatoms. The van der Waals surface area contributed by atoms with E-state index in [0.717, 1.165) is 5.52 Å². The molecule has 0 radical (unpaired) electrons. The highest BCUT2D eigenvalue weighted by atomic mass is 16.1. The van der Waals surface area contributed by atoms with E-state index in [9.17, 15) is 4.79 Å². The minimum atomic E-state index is -0.542. The highest BCUT2D eigenvalue weighted by Crippen LogP contribution is 2.07. The van der Waals surface area contributed by atoms with Gasteiger partial charge in [-0.2, -0.15) is 0 Å². The number of nitrogens with one attached hydrogen (secondary N) is 1. The van der Waals surface area contributed by atoms with E-state index in [0.29, 0.717) is 5.52 Å². The molecule has 0 fully saturated rings. The Bertz CT molecular complexity index is 434. The molecule has 5 nitrogen and oxygen atoms in total. The summed E-state index contributed by atoms with van der Waals surface area (Å²) in [4.78, 5) is 21.3. The highest BCUT2D eigenvalue weighted by molar-refractivity contribution is 5.93. The van der Waals surface area contributed by atoms with Crippen molar-refractivity contribution in [3.8, 4) is 0 Å². The first-order valence-corrected chi connectivity index (χ1v) is 3.36. The Kier molecular flexibility index (Phi) is 1.30. The average molecular weight is 162 g/mol. The van der Waals surface area contributed by atoms with Gasteiger partial charge in [0.2, 0.25) is 0 Å². The van der Waals surface area contributed by atoms with Crippen LogP contribution in [0.2, 0.25) is 0 Å². The van der Waals surface area contributed by atoms with Crippen LogP contribution in [0, 0.1) is 0 Å². The number of nitrogens with zero attached hydrogens (tertiary/aromatic N) is 2. The van der Waals surface area contributed by atoms with E-state index in [1.165, 1.54) is 12.5 Å². The molecule has 2 heterocycles. The molecule has 0 spiro atoms. The number of amides is 1. The second-order valence-electron chi connectivity index (χ2n) is 2.35. The molecule has 0 aromatic carbocycles. The predicted molar refractivity (Wildman–Crippen MR) is 42.4 cm³/mol. The van der Waals surface area contributed by atoms with Crippen LogP contribution in [0.5, 0.6) is 0 Å². The average Bonchev–Trinajstić information content (AvgIpc) is 2.49. The summed E-state index contributed by atoms with van der Waals surface area (Å²) in [5.41, 5.74) is 6.75. The van der Waals surface area contributed by atoms with Crippen molar-refractivity contribution in [2.45, 2.75) is 0 Å². The molecule has 0 unspecified atom stereocenters. The van der Waals surface area contributed by atoms with Gasteiger partial charge in [0.05, 0.1) is 23.6 Å². The zero-order valence-electron chi connectivity index (χ0n) is 6.11. The van der Waals surface area contributed by atoms with Crippen LogP contribution in [0.15, 0.2) is 18.6 Å². The van der Waals surface area contributed by atoms with E-state index in [4.69, 9.17) is 5.73 Å². The number of carbonyl (C=O) groups is 1. The van der Waals surface area contributed by atoms with Crippen molar-refractivity contribution in [2.75, 3.05) is 0 Å². The van der Waals surface area contributed by atoms with Crippen LogP contribution < -0.4 is 5.73 Å². The Hall–Kier alpha value is -1.91. The van der Waals surface area contributed by atoms with Gasteiger partial charge in [0.25, 0.3) is 5.91 Å². The number of hydrogen-bond donors (Lipinski definition) is 2. The lowest BCUT2D eigenvalue weighted by atomic mass is 10.3. The maximum atomic E-state index is 10.7. The SMILES string of the molecule is NC(=O)c1cc2nc[nH]c2cn1. The van der Waals surface area contributed by atoms with Crippen molar-refractivity contribution in [1.82, 2.24) is 15.0 Å². The number of aromatic amines is 1. The van der Waals surface area contributed by atoms with Crippen LogP contribution in [-0.4, -0.2) is 20.9 Å². The van der Waals surface area contributed by atoms with Gasteiger partial charge < -0.3 is 10.7 Å². The Balaban J connectivity index is 2.68. The summed E-state index contributed by atoms with van der Waals surface area (Å²) in [5.74, 6) is -0.542. The number of carbonyl (C=O) groups excluding carboxylic acids is 1. The van der Waals surface area contributed by atoms with Gasteiger partial charge in [-0.05, 0) is 6.07 Å². The monoisotopic (exact) mass is 162 g/mol. The standard InChI is InChI=1S/C7H6N4O/c8-7(12)5-1-4-6(2-9-5)11-3-10-4/h1-3H,(H2,8,12)(H,10,11). The Morgan fingerprint density at radius 3 is 3.08 bits per heavy atom. The lowest BCUT2D eigenvalue weighted by Gasteiger charge is -1.92. The van der Waals surface area contributed by atoms with Crippen molar-refractivity contribution in [1.29, 1.82) is 0 Å². The van der Waals surface area contributed by atoms with Crippen molar-refractivity contribution < 1.29 is 4.79 Å². The number of nitrogens with two attached hydrogens (primary N) is 1. The van der Waals surface area contributed by atoms with Crippen LogP contribution in [0.4, 0.5) is 0 Å². The van der Waals surface area contributed by atoms with Gasteiger partial charge in [-0.3, -0.25) is 4.79 Å². The Labute approximate surface area is 67.6 Å². The first-order valence-electron chi connectivity index (χ1n) is 3.36. The molecule has 0 aliphatic carbocycles. The van der Waals surface area contributed by atoms with Gasteiger partial charge in [-0.15, -0.1) is 0 Å². The quantitative estimate of drug-likeness (QED) is 0.621. The molecule has 0 atom stereocenters. The summed E-state index contributed by atoms with van der Waals surface area (Å²) in [7, 11) is 0. The first-order chi connectivity index (χ1) is 5.77. The van der Waals surface area contributed by atoms with E-state index in [2.05, 4.69) is 15.0 Å². The lowest BCUT2D eigenvalue weighted by molar-refractivity contribution is 0.0996.